The van der Waals surface area contributed by atoms with E-state index in [0.29, 0.717) is 13.0 Å². The SMILES string of the molecule is C=CC[C@H](COS(=O)(=O)c1ccc(C)cc1)[C@@H](O[Si](C)(C)C(C)(C)C)[C@H](C)[C@H](OCc1ccccc1)[C@H](C)COC(=O)C(C)(C)C. The third-order valence-corrected chi connectivity index (χ3v) is 14.7. The van der Waals surface area contributed by atoms with Gasteiger partial charge in [0, 0.05) is 17.8 Å². The summed E-state index contributed by atoms with van der Waals surface area (Å²) >= 11 is 0. The van der Waals surface area contributed by atoms with Gasteiger partial charge in [0.05, 0.1) is 42.3 Å². The van der Waals surface area contributed by atoms with Crippen molar-refractivity contribution in [2.45, 2.75) is 111 Å². The van der Waals surface area contributed by atoms with Crippen molar-refractivity contribution in [1.82, 2.24) is 0 Å². The molecule has 0 saturated heterocycles. The van der Waals surface area contributed by atoms with Crippen LogP contribution in [0, 0.1) is 30.1 Å². The van der Waals surface area contributed by atoms with Gasteiger partial charge in [-0.05, 0) is 69.9 Å². The normalized spacial score (nSPS) is 16.2. The summed E-state index contributed by atoms with van der Waals surface area (Å²) in [4.78, 5) is 12.8. The van der Waals surface area contributed by atoms with Gasteiger partial charge in [-0.1, -0.05) is 88.7 Å². The van der Waals surface area contributed by atoms with Crippen LogP contribution in [0.1, 0.15) is 72.9 Å². The van der Waals surface area contributed by atoms with E-state index in [-0.39, 0.29) is 53.0 Å². The summed E-state index contributed by atoms with van der Waals surface area (Å²) in [6, 6.07) is 16.6. The molecule has 46 heavy (non-hydrogen) atoms. The zero-order chi connectivity index (χ0) is 34.9. The molecule has 9 heteroatoms. The second-order valence-corrected chi connectivity index (χ2v) is 21.5. The minimum absolute atomic E-state index is 0.0787. The Morgan fingerprint density at radius 2 is 1.50 bits per heavy atom. The number of aryl methyl sites for hydroxylation is 1. The highest BCUT2D eigenvalue weighted by atomic mass is 32.2. The molecule has 0 N–H and O–H groups in total. The Kier molecular flexibility index (Phi) is 14.5. The number of hydrogen-bond acceptors (Lipinski definition) is 7. The van der Waals surface area contributed by atoms with Gasteiger partial charge in [0.15, 0.2) is 8.32 Å². The maximum absolute atomic E-state index is 13.3. The van der Waals surface area contributed by atoms with E-state index in [1.165, 1.54) is 0 Å². The molecule has 0 amide bonds. The number of allylic oxidation sites excluding steroid dienone is 1. The molecule has 0 fully saturated rings. The molecule has 0 aliphatic heterocycles. The van der Waals surface area contributed by atoms with Crippen LogP contribution in [0.2, 0.25) is 18.1 Å². The third-order valence-electron chi connectivity index (χ3n) is 8.89. The van der Waals surface area contributed by atoms with Gasteiger partial charge in [-0.3, -0.25) is 8.98 Å². The average molecular weight is 675 g/mol. The smallest absolute Gasteiger partial charge is 0.311 e. The minimum atomic E-state index is -4.00. The Hall–Kier alpha value is -2.30. The Morgan fingerprint density at radius 1 is 0.913 bits per heavy atom. The second-order valence-electron chi connectivity index (χ2n) is 15.1. The summed E-state index contributed by atoms with van der Waals surface area (Å²) in [7, 11) is -6.38. The predicted molar refractivity (Wildman–Crippen MR) is 188 cm³/mol. The zero-order valence-corrected chi connectivity index (χ0v) is 31.8. The van der Waals surface area contributed by atoms with Crippen molar-refractivity contribution < 1.29 is 31.3 Å². The van der Waals surface area contributed by atoms with Gasteiger partial charge in [-0.15, -0.1) is 6.58 Å². The van der Waals surface area contributed by atoms with Crippen molar-refractivity contribution in [1.29, 1.82) is 0 Å². The van der Waals surface area contributed by atoms with Crippen LogP contribution in [-0.4, -0.2) is 48.1 Å². The highest BCUT2D eigenvalue weighted by Gasteiger charge is 2.45. The minimum Gasteiger partial charge on any atom is -0.465 e. The molecule has 7 nitrogen and oxygen atoms in total. The standard InChI is InChI=1S/C37H58O7SSi/c1-13-17-31(26-43-45(39,40)32-22-20-27(2)21-23-32)34(44-46(11,12)37(8,9)10)29(4)33(41-25-30-18-15-14-16-19-30)28(3)24-42-35(38)36(5,6)7/h13-16,18-23,28-29,31,33-34H,1,17,24-26H2,2-12H3/t28-,29-,31-,33-,34+/m1/s1. The van der Waals surface area contributed by atoms with E-state index in [2.05, 4.69) is 47.4 Å². The van der Waals surface area contributed by atoms with Crippen LogP contribution in [0.4, 0.5) is 0 Å². The number of esters is 1. The topological polar surface area (TPSA) is 88.1 Å². The lowest BCUT2D eigenvalue weighted by molar-refractivity contribution is -0.157. The molecule has 0 saturated carbocycles. The first kappa shape index (κ1) is 39.9. The first-order chi connectivity index (χ1) is 21.2. The van der Waals surface area contributed by atoms with Gasteiger partial charge < -0.3 is 13.9 Å². The molecule has 2 aromatic carbocycles. The molecule has 0 spiro atoms. The van der Waals surface area contributed by atoms with Crippen molar-refractivity contribution in [3.8, 4) is 0 Å². The number of benzene rings is 2. The number of hydrogen-bond donors (Lipinski definition) is 0. The van der Waals surface area contributed by atoms with E-state index in [4.69, 9.17) is 18.1 Å². The molecule has 0 radical (unpaired) electrons. The van der Waals surface area contributed by atoms with Gasteiger partial charge in [-0.2, -0.15) is 8.42 Å². The van der Waals surface area contributed by atoms with Crippen LogP contribution >= 0.6 is 0 Å². The molecule has 258 valence electrons. The molecule has 0 aliphatic carbocycles. The van der Waals surface area contributed by atoms with Crippen LogP contribution in [-0.2, 0) is 39.6 Å². The lowest BCUT2D eigenvalue weighted by atomic mass is 9.82. The fourth-order valence-electron chi connectivity index (χ4n) is 4.92. The van der Waals surface area contributed by atoms with Gasteiger partial charge in [0.25, 0.3) is 10.1 Å². The maximum Gasteiger partial charge on any atom is 0.311 e. The summed E-state index contributed by atoms with van der Waals surface area (Å²) < 4.78 is 51.9. The summed E-state index contributed by atoms with van der Waals surface area (Å²) in [5.41, 5.74) is 1.36. The monoisotopic (exact) mass is 674 g/mol. The fourth-order valence-corrected chi connectivity index (χ4v) is 7.32. The highest BCUT2D eigenvalue weighted by Crippen LogP contribution is 2.41. The Balaban J connectivity index is 2.51. The molecule has 0 heterocycles. The lowest BCUT2D eigenvalue weighted by Crippen LogP contribution is -2.51. The van der Waals surface area contributed by atoms with Gasteiger partial charge in [0.2, 0.25) is 0 Å². The molecule has 0 bridgehead atoms. The zero-order valence-electron chi connectivity index (χ0n) is 30.0. The Labute approximate surface area is 280 Å². The van der Waals surface area contributed by atoms with Gasteiger partial charge in [0.1, 0.15) is 0 Å². The first-order valence-corrected chi connectivity index (χ1v) is 20.6. The van der Waals surface area contributed by atoms with Crippen molar-refractivity contribution in [2.24, 2.45) is 23.2 Å². The van der Waals surface area contributed by atoms with Crippen LogP contribution in [0.3, 0.4) is 0 Å². The highest BCUT2D eigenvalue weighted by molar-refractivity contribution is 7.86. The van der Waals surface area contributed by atoms with Crippen LogP contribution in [0.5, 0.6) is 0 Å². The Morgan fingerprint density at radius 3 is 2.02 bits per heavy atom. The van der Waals surface area contributed by atoms with E-state index in [9.17, 15) is 13.2 Å². The molecule has 0 unspecified atom stereocenters. The third kappa shape index (κ3) is 11.7. The van der Waals surface area contributed by atoms with Gasteiger partial charge in [-0.25, -0.2) is 0 Å². The first-order valence-electron chi connectivity index (χ1n) is 16.3. The molecule has 0 aromatic heterocycles. The molecule has 2 aromatic rings. The number of rotatable bonds is 17. The summed E-state index contributed by atoms with van der Waals surface area (Å²) in [6.45, 7) is 26.9. The van der Waals surface area contributed by atoms with Crippen molar-refractivity contribution in [2.75, 3.05) is 13.2 Å². The second kappa shape index (κ2) is 16.7. The van der Waals surface area contributed by atoms with Crippen LogP contribution in [0.25, 0.3) is 0 Å². The van der Waals surface area contributed by atoms with E-state index in [1.54, 1.807) is 30.3 Å². The lowest BCUT2D eigenvalue weighted by Gasteiger charge is -2.45. The van der Waals surface area contributed by atoms with E-state index < -0.39 is 30.0 Å². The van der Waals surface area contributed by atoms with Crippen molar-refractivity contribution in [3.63, 3.8) is 0 Å². The van der Waals surface area contributed by atoms with Crippen molar-refractivity contribution in [3.05, 3.63) is 78.4 Å². The molecule has 0 aliphatic rings. The fraction of sp³-hybridized carbons (Fsp3) is 0.595. The number of carbonyl (C=O) groups excluding carboxylic acids is 1. The summed E-state index contributed by atoms with van der Waals surface area (Å²) in [6.07, 6.45) is 1.44. The molecule has 2 rings (SSSR count). The summed E-state index contributed by atoms with van der Waals surface area (Å²) in [5.74, 6) is -1.02. The molecular weight excluding hydrogens is 617 g/mol. The van der Waals surface area contributed by atoms with E-state index in [0.717, 1.165) is 11.1 Å². The van der Waals surface area contributed by atoms with Gasteiger partial charge >= 0.3 is 5.97 Å². The largest absolute Gasteiger partial charge is 0.465 e. The summed E-state index contributed by atoms with van der Waals surface area (Å²) in [5, 5.41) is -0.104. The number of ether oxygens (including phenoxy) is 2. The Bertz CT molecular complexity index is 1340. The quantitative estimate of drug-likeness (QED) is 0.0718. The predicted octanol–water partition coefficient (Wildman–Crippen LogP) is 8.73. The van der Waals surface area contributed by atoms with Crippen LogP contribution in [0.15, 0.2) is 72.1 Å². The number of carbonyl (C=O) groups is 1. The van der Waals surface area contributed by atoms with Crippen molar-refractivity contribution >= 4 is 24.4 Å². The average Bonchev–Trinajstić information content (AvgIpc) is 2.96. The molecule has 5 atom stereocenters. The van der Waals surface area contributed by atoms with E-state index in [1.807, 2.05) is 65.0 Å². The van der Waals surface area contributed by atoms with Crippen LogP contribution < -0.4 is 0 Å². The van der Waals surface area contributed by atoms with E-state index >= 15 is 0 Å². The molecular formula is C37H58O7SSi. The maximum atomic E-state index is 13.3.